The topological polar surface area (TPSA) is 33.0 Å². The molecule has 3 aromatic rings. The Morgan fingerprint density at radius 2 is 1.76 bits per heavy atom. The monoisotopic (exact) mass is 293 g/mol. The first-order valence-electron chi connectivity index (χ1n) is 6.56. The standard InChI is InChI=1S/C18H12ClNO/c19-11-13-8-9-17(15(10-13)12-20)21-18-7-3-5-14-4-1-2-6-16(14)18/h1-10H,11H2. The van der Waals surface area contributed by atoms with E-state index in [1.165, 1.54) is 0 Å². The van der Waals surface area contributed by atoms with Crippen molar-refractivity contribution in [3.8, 4) is 17.6 Å². The second-order valence-corrected chi connectivity index (χ2v) is 4.92. The molecule has 21 heavy (non-hydrogen) atoms. The highest BCUT2D eigenvalue weighted by Gasteiger charge is 2.08. The van der Waals surface area contributed by atoms with Crippen LogP contribution in [0.1, 0.15) is 11.1 Å². The van der Waals surface area contributed by atoms with Gasteiger partial charge in [-0.05, 0) is 29.1 Å². The third kappa shape index (κ3) is 2.69. The van der Waals surface area contributed by atoms with Crippen LogP contribution in [0.2, 0.25) is 0 Å². The molecule has 0 heterocycles. The molecular weight excluding hydrogens is 282 g/mol. The molecule has 0 spiro atoms. The Balaban J connectivity index is 2.05. The average molecular weight is 294 g/mol. The fraction of sp³-hybridized carbons (Fsp3) is 0.0556. The third-order valence-electron chi connectivity index (χ3n) is 3.29. The summed E-state index contributed by atoms with van der Waals surface area (Å²) in [4.78, 5) is 0. The molecule has 0 saturated carbocycles. The first-order valence-corrected chi connectivity index (χ1v) is 7.10. The summed E-state index contributed by atoms with van der Waals surface area (Å²) < 4.78 is 5.95. The van der Waals surface area contributed by atoms with Crippen LogP contribution in [0.25, 0.3) is 10.8 Å². The maximum absolute atomic E-state index is 9.26. The maximum atomic E-state index is 9.26. The molecule has 0 fully saturated rings. The van der Waals surface area contributed by atoms with Gasteiger partial charge in [-0.3, -0.25) is 0 Å². The summed E-state index contributed by atoms with van der Waals surface area (Å²) in [6.07, 6.45) is 0. The summed E-state index contributed by atoms with van der Waals surface area (Å²) in [5.41, 5.74) is 1.39. The van der Waals surface area contributed by atoms with Gasteiger partial charge in [0.15, 0.2) is 0 Å². The van der Waals surface area contributed by atoms with E-state index < -0.39 is 0 Å². The molecule has 0 saturated heterocycles. The average Bonchev–Trinajstić information content (AvgIpc) is 2.55. The SMILES string of the molecule is N#Cc1cc(CCl)ccc1Oc1cccc2ccccc12. The van der Waals surface area contributed by atoms with E-state index in [4.69, 9.17) is 16.3 Å². The van der Waals surface area contributed by atoms with Crippen LogP contribution in [0.4, 0.5) is 0 Å². The van der Waals surface area contributed by atoms with Crippen molar-refractivity contribution in [3.05, 3.63) is 71.8 Å². The summed E-state index contributed by atoms with van der Waals surface area (Å²) in [6.45, 7) is 0. The summed E-state index contributed by atoms with van der Waals surface area (Å²) in [7, 11) is 0. The van der Waals surface area contributed by atoms with Crippen molar-refractivity contribution in [2.24, 2.45) is 0 Å². The van der Waals surface area contributed by atoms with E-state index in [1.54, 1.807) is 12.1 Å². The van der Waals surface area contributed by atoms with Crippen LogP contribution in [0.3, 0.4) is 0 Å². The molecule has 0 bridgehead atoms. The molecular formula is C18H12ClNO. The molecule has 3 aromatic carbocycles. The third-order valence-corrected chi connectivity index (χ3v) is 3.60. The van der Waals surface area contributed by atoms with Gasteiger partial charge in [-0.2, -0.15) is 5.26 Å². The number of nitriles is 1. The van der Waals surface area contributed by atoms with E-state index in [9.17, 15) is 5.26 Å². The van der Waals surface area contributed by atoms with E-state index in [0.29, 0.717) is 17.2 Å². The molecule has 0 atom stereocenters. The number of halogens is 1. The van der Waals surface area contributed by atoms with Crippen molar-refractivity contribution in [3.63, 3.8) is 0 Å². The number of nitrogens with zero attached hydrogens (tertiary/aromatic N) is 1. The first-order chi connectivity index (χ1) is 10.3. The zero-order valence-corrected chi connectivity index (χ0v) is 12.0. The lowest BCUT2D eigenvalue weighted by atomic mass is 10.1. The molecule has 0 aliphatic heterocycles. The minimum atomic E-state index is 0.378. The number of benzene rings is 3. The fourth-order valence-corrected chi connectivity index (χ4v) is 2.41. The lowest BCUT2D eigenvalue weighted by molar-refractivity contribution is 0.486. The van der Waals surface area contributed by atoms with Gasteiger partial charge in [0.05, 0.1) is 5.56 Å². The molecule has 0 aromatic heterocycles. The summed E-state index contributed by atoms with van der Waals surface area (Å²) in [6, 6.07) is 21.4. The number of fused-ring (bicyclic) bond motifs is 1. The van der Waals surface area contributed by atoms with Crippen LogP contribution >= 0.6 is 11.6 Å². The summed E-state index contributed by atoms with van der Waals surface area (Å²) in [5, 5.41) is 11.4. The number of rotatable bonds is 3. The fourth-order valence-electron chi connectivity index (χ4n) is 2.24. The van der Waals surface area contributed by atoms with Crippen molar-refractivity contribution < 1.29 is 4.74 Å². The van der Waals surface area contributed by atoms with Crippen molar-refractivity contribution in [2.75, 3.05) is 0 Å². The minimum absolute atomic E-state index is 0.378. The van der Waals surface area contributed by atoms with Crippen molar-refractivity contribution in [1.29, 1.82) is 5.26 Å². The van der Waals surface area contributed by atoms with Crippen molar-refractivity contribution >= 4 is 22.4 Å². The zero-order valence-electron chi connectivity index (χ0n) is 11.2. The van der Waals surface area contributed by atoms with Gasteiger partial charge in [0.1, 0.15) is 17.6 Å². The predicted molar refractivity (Wildman–Crippen MR) is 84.7 cm³/mol. The number of ether oxygens (including phenoxy) is 1. The molecule has 0 radical (unpaired) electrons. The highest BCUT2D eigenvalue weighted by molar-refractivity contribution is 6.17. The van der Waals surface area contributed by atoms with Gasteiger partial charge >= 0.3 is 0 Å². The van der Waals surface area contributed by atoms with E-state index in [-0.39, 0.29) is 0 Å². The Morgan fingerprint density at radius 1 is 0.952 bits per heavy atom. The van der Waals surface area contributed by atoms with E-state index in [0.717, 1.165) is 22.1 Å². The minimum Gasteiger partial charge on any atom is -0.455 e. The summed E-state index contributed by atoms with van der Waals surface area (Å²) in [5.74, 6) is 1.66. The van der Waals surface area contributed by atoms with Gasteiger partial charge < -0.3 is 4.74 Å². The Hall–Kier alpha value is -2.50. The lowest BCUT2D eigenvalue weighted by Crippen LogP contribution is -1.91. The van der Waals surface area contributed by atoms with Crippen LogP contribution in [0.5, 0.6) is 11.5 Å². The molecule has 0 N–H and O–H groups in total. The van der Waals surface area contributed by atoms with Gasteiger partial charge in [-0.25, -0.2) is 0 Å². The van der Waals surface area contributed by atoms with Crippen LogP contribution in [-0.2, 0) is 5.88 Å². The van der Waals surface area contributed by atoms with E-state index in [2.05, 4.69) is 6.07 Å². The molecule has 0 unspecified atom stereocenters. The Labute approximate surface area is 128 Å². The smallest absolute Gasteiger partial charge is 0.145 e. The van der Waals surface area contributed by atoms with Crippen molar-refractivity contribution in [1.82, 2.24) is 0 Å². The Kier molecular flexibility index (Phi) is 3.77. The number of alkyl halides is 1. The van der Waals surface area contributed by atoms with Crippen LogP contribution in [-0.4, -0.2) is 0 Å². The van der Waals surface area contributed by atoms with Gasteiger partial charge in [0, 0.05) is 11.3 Å². The number of hydrogen-bond donors (Lipinski definition) is 0. The van der Waals surface area contributed by atoms with Gasteiger partial charge in [-0.1, -0.05) is 42.5 Å². The molecule has 2 nitrogen and oxygen atoms in total. The van der Waals surface area contributed by atoms with Gasteiger partial charge in [0.25, 0.3) is 0 Å². The zero-order chi connectivity index (χ0) is 14.7. The highest BCUT2D eigenvalue weighted by Crippen LogP contribution is 2.31. The number of hydrogen-bond acceptors (Lipinski definition) is 2. The van der Waals surface area contributed by atoms with Crippen LogP contribution in [0, 0.1) is 11.3 Å². The maximum Gasteiger partial charge on any atom is 0.145 e. The molecule has 0 aliphatic rings. The van der Waals surface area contributed by atoms with E-state index in [1.807, 2.05) is 48.5 Å². The summed E-state index contributed by atoms with van der Waals surface area (Å²) >= 11 is 5.80. The van der Waals surface area contributed by atoms with Crippen molar-refractivity contribution in [2.45, 2.75) is 5.88 Å². The molecule has 3 heteroatoms. The second kappa shape index (κ2) is 5.87. The van der Waals surface area contributed by atoms with Gasteiger partial charge in [-0.15, -0.1) is 11.6 Å². The second-order valence-electron chi connectivity index (χ2n) is 4.66. The lowest BCUT2D eigenvalue weighted by Gasteiger charge is -2.10. The first kappa shape index (κ1) is 13.5. The Bertz CT molecular complexity index is 831. The largest absolute Gasteiger partial charge is 0.455 e. The molecule has 102 valence electrons. The quantitative estimate of drug-likeness (QED) is 0.618. The van der Waals surface area contributed by atoms with Gasteiger partial charge in [0.2, 0.25) is 0 Å². The molecule has 0 aliphatic carbocycles. The predicted octanol–water partition coefficient (Wildman–Crippen LogP) is 5.24. The van der Waals surface area contributed by atoms with Crippen LogP contribution in [0.15, 0.2) is 60.7 Å². The van der Waals surface area contributed by atoms with Crippen LogP contribution < -0.4 is 4.74 Å². The molecule has 3 rings (SSSR count). The highest BCUT2D eigenvalue weighted by atomic mass is 35.5. The molecule has 0 amide bonds. The van der Waals surface area contributed by atoms with E-state index >= 15 is 0 Å². The Morgan fingerprint density at radius 3 is 2.57 bits per heavy atom. The normalized spacial score (nSPS) is 10.3.